The van der Waals surface area contributed by atoms with Gasteiger partial charge in [0.15, 0.2) is 5.78 Å². The molecule has 1 nitrogen and oxygen atoms in total. The molecule has 1 unspecified atom stereocenters. The molecule has 0 aliphatic rings. The number of hydrogen-bond donors (Lipinski definition) is 0. The molecular formula is C17H20LiOP. The summed E-state index contributed by atoms with van der Waals surface area (Å²) in [7, 11) is 2.64. The molecular weight excluding hydrogens is 258 g/mol. The predicted octanol–water partition coefficient (Wildman–Crippen LogP) is 3.00. The minimum atomic E-state index is 0. The van der Waals surface area contributed by atoms with Crippen molar-refractivity contribution in [2.75, 3.05) is 0 Å². The van der Waals surface area contributed by atoms with E-state index in [4.69, 9.17) is 0 Å². The molecule has 0 fully saturated rings. The van der Waals surface area contributed by atoms with Gasteiger partial charge in [-0.2, -0.15) is 0 Å². The van der Waals surface area contributed by atoms with Crippen LogP contribution in [0.25, 0.3) is 0 Å². The van der Waals surface area contributed by atoms with Crippen molar-refractivity contribution in [1.29, 1.82) is 0 Å². The molecule has 0 aliphatic heterocycles. The molecule has 0 saturated heterocycles. The Kier molecular flexibility index (Phi) is 5.78. The van der Waals surface area contributed by atoms with Crippen LogP contribution in [0, 0.1) is 27.7 Å². The standard InChI is InChI=1S/C17H19OP.Li.H/c1-10-9-11(2)13(4)16(12(10)3)17(18)14-7-5-6-8-15(14)19;;/h5-9H,19H2,1-4H3;;. The molecule has 0 aliphatic carbocycles. The molecule has 100 valence electrons. The molecule has 0 aromatic heterocycles. The average Bonchev–Trinajstić information content (AvgIpc) is 2.37. The van der Waals surface area contributed by atoms with Gasteiger partial charge in [0.2, 0.25) is 0 Å². The van der Waals surface area contributed by atoms with Crippen LogP contribution in [0.4, 0.5) is 0 Å². The van der Waals surface area contributed by atoms with Crippen LogP contribution in [0.2, 0.25) is 0 Å². The Morgan fingerprint density at radius 1 is 0.950 bits per heavy atom. The number of rotatable bonds is 2. The number of aryl methyl sites for hydroxylation is 2. The zero-order valence-electron chi connectivity index (χ0n) is 11.9. The number of carbonyl (C=O) groups excluding carboxylic acids is 1. The first-order valence-electron chi connectivity index (χ1n) is 6.40. The second kappa shape index (κ2) is 6.73. The van der Waals surface area contributed by atoms with Gasteiger partial charge in [0.05, 0.1) is 0 Å². The summed E-state index contributed by atoms with van der Waals surface area (Å²) >= 11 is 0. The molecule has 0 N–H and O–H groups in total. The number of hydrogen-bond acceptors (Lipinski definition) is 1. The SMILES string of the molecule is Cc1cc(C)c(C)c(C(=O)c2ccccc2P)c1C.[LiH]. The van der Waals surface area contributed by atoms with Crippen molar-refractivity contribution in [2.45, 2.75) is 27.7 Å². The van der Waals surface area contributed by atoms with Gasteiger partial charge >= 0.3 is 18.9 Å². The van der Waals surface area contributed by atoms with E-state index in [1.165, 1.54) is 11.1 Å². The van der Waals surface area contributed by atoms with Crippen molar-refractivity contribution in [2.24, 2.45) is 0 Å². The van der Waals surface area contributed by atoms with Gasteiger partial charge in [-0.05, 0) is 55.3 Å². The van der Waals surface area contributed by atoms with Gasteiger partial charge in [-0.1, -0.05) is 30.3 Å². The van der Waals surface area contributed by atoms with Crippen LogP contribution in [0.15, 0.2) is 30.3 Å². The third-order valence-corrected chi connectivity index (χ3v) is 4.30. The van der Waals surface area contributed by atoms with E-state index in [1.54, 1.807) is 0 Å². The molecule has 0 bridgehead atoms. The van der Waals surface area contributed by atoms with E-state index < -0.39 is 0 Å². The first-order valence-corrected chi connectivity index (χ1v) is 6.97. The Morgan fingerprint density at radius 2 is 1.45 bits per heavy atom. The predicted molar refractivity (Wildman–Crippen MR) is 91.8 cm³/mol. The summed E-state index contributed by atoms with van der Waals surface area (Å²) in [5.41, 5.74) is 6.14. The first kappa shape index (κ1) is 17.2. The van der Waals surface area contributed by atoms with E-state index in [0.717, 1.165) is 27.6 Å². The molecule has 20 heavy (non-hydrogen) atoms. The van der Waals surface area contributed by atoms with Crippen molar-refractivity contribution < 1.29 is 4.79 Å². The van der Waals surface area contributed by atoms with Gasteiger partial charge in [0.25, 0.3) is 0 Å². The Balaban J connectivity index is 0.00000200. The van der Waals surface area contributed by atoms with Crippen LogP contribution < -0.4 is 5.30 Å². The van der Waals surface area contributed by atoms with Crippen molar-refractivity contribution in [3.05, 3.63) is 63.7 Å². The molecule has 0 amide bonds. The van der Waals surface area contributed by atoms with E-state index >= 15 is 0 Å². The van der Waals surface area contributed by atoms with Crippen LogP contribution in [0.3, 0.4) is 0 Å². The van der Waals surface area contributed by atoms with Gasteiger partial charge in [-0.3, -0.25) is 4.79 Å². The molecule has 0 heterocycles. The number of ketones is 1. The van der Waals surface area contributed by atoms with Gasteiger partial charge in [-0.15, -0.1) is 9.24 Å². The Morgan fingerprint density at radius 3 is 1.95 bits per heavy atom. The molecule has 0 spiro atoms. The summed E-state index contributed by atoms with van der Waals surface area (Å²) in [6.07, 6.45) is 0. The quantitative estimate of drug-likeness (QED) is 0.469. The fourth-order valence-corrected chi connectivity index (χ4v) is 2.73. The average molecular weight is 278 g/mol. The zero-order valence-corrected chi connectivity index (χ0v) is 13.0. The number of carbonyl (C=O) groups is 1. The Labute approximate surface area is 135 Å². The summed E-state index contributed by atoms with van der Waals surface area (Å²) in [5, 5.41) is 0.949. The first-order chi connectivity index (χ1) is 8.93. The number of benzene rings is 2. The van der Waals surface area contributed by atoms with Crippen LogP contribution in [0.5, 0.6) is 0 Å². The second-order valence-electron chi connectivity index (χ2n) is 5.05. The van der Waals surface area contributed by atoms with Crippen LogP contribution in [-0.2, 0) is 0 Å². The van der Waals surface area contributed by atoms with Crippen molar-refractivity contribution in [3.63, 3.8) is 0 Å². The van der Waals surface area contributed by atoms with Crippen molar-refractivity contribution >= 4 is 39.2 Å². The molecule has 3 heteroatoms. The Bertz CT molecular complexity index is 636. The van der Waals surface area contributed by atoms with Crippen molar-refractivity contribution in [3.8, 4) is 0 Å². The van der Waals surface area contributed by atoms with E-state index in [9.17, 15) is 4.79 Å². The van der Waals surface area contributed by atoms with Gasteiger partial charge in [-0.25, -0.2) is 0 Å². The summed E-state index contributed by atoms with van der Waals surface area (Å²) in [6.45, 7) is 8.18. The summed E-state index contributed by atoms with van der Waals surface area (Å²) in [4.78, 5) is 12.8. The van der Waals surface area contributed by atoms with Crippen LogP contribution >= 0.6 is 9.24 Å². The summed E-state index contributed by atoms with van der Waals surface area (Å²) in [6, 6.07) is 9.84. The molecule has 2 aromatic rings. The monoisotopic (exact) mass is 278 g/mol. The van der Waals surface area contributed by atoms with Gasteiger partial charge in [0, 0.05) is 11.1 Å². The fourth-order valence-electron chi connectivity index (χ4n) is 2.40. The third kappa shape index (κ3) is 3.07. The van der Waals surface area contributed by atoms with Crippen LogP contribution in [-0.4, -0.2) is 24.6 Å². The minimum absolute atomic E-state index is 0. The molecule has 0 radical (unpaired) electrons. The fraction of sp³-hybridized carbons (Fsp3) is 0.235. The molecule has 2 rings (SSSR count). The topological polar surface area (TPSA) is 17.1 Å². The molecule has 1 atom stereocenters. The zero-order chi connectivity index (χ0) is 14.2. The second-order valence-corrected chi connectivity index (χ2v) is 5.67. The van der Waals surface area contributed by atoms with E-state index in [0.29, 0.717) is 0 Å². The maximum absolute atomic E-state index is 12.8. The third-order valence-electron chi connectivity index (χ3n) is 3.80. The van der Waals surface area contributed by atoms with Gasteiger partial charge < -0.3 is 0 Å². The van der Waals surface area contributed by atoms with E-state index in [1.807, 2.05) is 38.1 Å². The maximum atomic E-state index is 12.8. The van der Waals surface area contributed by atoms with Crippen LogP contribution in [0.1, 0.15) is 38.2 Å². The Hall–Kier alpha value is -0.863. The van der Waals surface area contributed by atoms with Crippen molar-refractivity contribution in [1.82, 2.24) is 0 Å². The molecule has 2 aromatic carbocycles. The molecule has 0 saturated carbocycles. The summed E-state index contributed by atoms with van der Waals surface area (Å²) in [5.74, 6) is 0.118. The normalized spacial score (nSPS) is 10.1. The van der Waals surface area contributed by atoms with E-state index in [-0.39, 0.29) is 24.6 Å². The summed E-state index contributed by atoms with van der Waals surface area (Å²) < 4.78 is 0. The van der Waals surface area contributed by atoms with E-state index in [2.05, 4.69) is 29.2 Å². The van der Waals surface area contributed by atoms with Gasteiger partial charge in [0.1, 0.15) is 0 Å².